The Labute approximate surface area is 186 Å². The molecule has 0 radical (unpaired) electrons. The molecule has 0 saturated carbocycles. The Balaban J connectivity index is 1.43. The van der Waals surface area contributed by atoms with Gasteiger partial charge in [-0.1, -0.05) is 24.3 Å². The van der Waals surface area contributed by atoms with Gasteiger partial charge in [0, 0.05) is 36.4 Å². The standard InChI is InChI=1S/C22H21F3N4O4/c23-22(24,25)33-16-7-3-5-14(11-16)26-12-15-6-4-10-28(15)20(30)27-18-13-29(21(31)32)19-9-2-1-8-17(18)19/h1-3,5,7-9,11,13,15,26H,4,6,10,12H2,(H,27,30)(H,31,32)/t15-/m0/s1. The largest absolute Gasteiger partial charge is 0.573 e. The summed E-state index contributed by atoms with van der Waals surface area (Å²) in [5.74, 6) is -0.330. The molecular formula is C22H21F3N4O4. The number of fused-ring (bicyclic) bond motifs is 1. The Morgan fingerprint density at radius 3 is 2.70 bits per heavy atom. The summed E-state index contributed by atoms with van der Waals surface area (Å²) in [4.78, 5) is 26.1. The molecule has 1 aliphatic rings. The number of nitrogens with zero attached hydrogens (tertiary/aromatic N) is 2. The minimum absolute atomic E-state index is 0.190. The predicted octanol–water partition coefficient (Wildman–Crippen LogP) is 5.17. The van der Waals surface area contributed by atoms with Gasteiger partial charge in [-0.25, -0.2) is 9.59 Å². The minimum atomic E-state index is -4.78. The number of halogens is 3. The first-order valence-corrected chi connectivity index (χ1v) is 10.2. The van der Waals surface area contributed by atoms with E-state index in [1.54, 1.807) is 35.2 Å². The maximum Gasteiger partial charge on any atom is 0.573 e. The highest BCUT2D eigenvalue weighted by Gasteiger charge is 2.31. The number of carbonyl (C=O) groups is 2. The van der Waals surface area contributed by atoms with Crippen molar-refractivity contribution in [2.24, 2.45) is 0 Å². The maximum absolute atomic E-state index is 13.0. The molecule has 2 heterocycles. The number of benzene rings is 2. The number of likely N-dealkylation sites (tertiary alicyclic amines) is 1. The van der Waals surface area contributed by atoms with Crippen LogP contribution in [0.2, 0.25) is 0 Å². The van der Waals surface area contributed by atoms with Crippen LogP contribution in [-0.4, -0.2) is 52.2 Å². The molecule has 4 rings (SSSR count). The zero-order chi connectivity index (χ0) is 23.6. The third-order valence-corrected chi connectivity index (χ3v) is 5.41. The lowest BCUT2D eigenvalue weighted by Crippen LogP contribution is -2.42. The molecule has 8 nitrogen and oxygen atoms in total. The summed E-state index contributed by atoms with van der Waals surface area (Å²) in [6.07, 6.45) is -3.08. The number of carboxylic acid groups (broad SMARTS) is 1. The summed E-state index contributed by atoms with van der Waals surface area (Å²) in [5, 5.41) is 15.9. The van der Waals surface area contributed by atoms with Gasteiger partial charge in [-0.15, -0.1) is 13.2 Å². The van der Waals surface area contributed by atoms with Gasteiger partial charge in [0.25, 0.3) is 0 Å². The lowest BCUT2D eigenvalue weighted by molar-refractivity contribution is -0.274. The van der Waals surface area contributed by atoms with Crippen LogP contribution in [0, 0.1) is 0 Å². The summed E-state index contributed by atoms with van der Waals surface area (Å²) in [6, 6.07) is 11.8. The molecule has 0 spiro atoms. The highest BCUT2D eigenvalue weighted by molar-refractivity contribution is 6.04. The van der Waals surface area contributed by atoms with Gasteiger partial charge in [0.05, 0.1) is 17.2 Å². The van der Waals surface area contributed by atoms with Gasteiger partial charge in [-0.3, -0.25) is 4.57 Å². The summed E-state index contributed by atoms with van der Waals surface area (Å²) < 4.78 is 42.3. The average Bonchev–Trinajstić information content (AvgIpc) is 3.36. The Morgan fingerprint density at radius 2 is 1.94 bits per heavy atom. The third-order valence-electron chi connectivity index (χ3n) is 5.41. The number of alkyl halides is 3. The van der Waals surface area contributed by atoms with E-state index in [-0.39, 0.29) is 17.8 Å². The molecule has 11 heteroatoms. The molecule has 0 bridgehead atoms. The van der Waals surface area contributed by atoms with E-state index in [1.165, 1.54) is 24.4 Å². The molecule has 1 fully saturated rings. The Kier molecular flexibility index (Phi) is 6.03. The number of para-hydroxylation sites is 1. The van der Waals surface area contributed by atoms with E-state index < -0.39 is 12.5 Å². The smallest absolute Gasteiger partial charge is 0.464 e. The van der Waals surface area contributed by atoms with Crippen molar-refractivity contribution in [3.8, 4) is 5.75 Å². The second kappa shape index (κ2) is 8.93. The van der Waals surface area contributed by atoms with E-state index in [1.807, 2.05) is 0 Å². The number of carbonyl (C=O) groups excluding carboxylic acids is 1. The van der Waals surface area contributed by atoms with Crippen LogP contribution in [-0.2, 0) is 0 Å². The fourth-order valence-electron chi connectivity index (χ4n) is 3.98. The molecule has 1 aliphatic heterocycles. The molecule has 0 unspecified atom stereocenters. The minimum Gasteiger partial charge on any atom is -0.464 e. The normalized spacial score (nSPS) is 16.1. The molecule has 174 valence electrons. The van der Waals surface area contributed by atoms with Crippen LogP contribution in [0.3, 0.4) is 0 Å². The number of urea groups is 1. The number of hydrogen-bond donors (Lipinski definition) is 3. The van der Waals surface area contributed by atoms with Crippen molar-refractivity contribution in [1.82, 2.24) is 9.47 Å². The zero-order valence-corrected chi connectivity index (χ0v) is 17.3. The summed E-state index contributed by atoms with van der Waals surface area (Å²) in [7, 11) is 0. The first-order valence-electron chi connectivity index (χ1n) is 10.2. The van der Waals surface area contributed by atoms with Crippen LogP contribution in [0.4, 0.5) is 34.1 Å². The Hall–Kier alpha value is -3.89. The van der Waals surface area contributed by atoms with Crippen molar-refractivity contribution in [3.63, 3.8) is 0 Å². The summed E-state index contributed by atoms with van der Waals surface area (Å²) >= 11 is 0. The molecular weight excluding hydrogens is 441 g/mol. The number of anilines is 2. The Morgan fingerprint density at radius 1 is 1.15 bits per heavy atom. The molecule has 2 amide bonds. The average molecular weight is 462 g/mol. The van der Waals surface area contributed by atoms with Crippen molar-refractivity contribution in [1.29, 1.82) is 0 Å². The molecule has 33 heavy (non-hydrogen) atoms. The van der Waals surface area contributed by atoms with Crippen molar-refractivity contribution in [2.75, 3.05) is 23.7 Å². The fraction of sp³-hybridized carbons (Fsp3) is 0.273. The molecule has 2 aromatic carbocycles. The van der Waals surface area contributed by atoms with Crippen molar-refractivity contribution >= 4 is 34.4 Å². The Bertz CT molecular complexity index is 1180. The van der Waals surface area contributed by atoms with Crippen LogP contribution in [0.15, 0.2) is 54.7 Å². The number of aromatic nitrogens is 1. The van der Waals surface area contributed by atoms with E-state index in [9.17, 15) is 27.9 Å². The van der Waals surface area contributed by atoms with Crippen LogP contribution < -0.4 is 15.4 Å². The van der Waals surface area contributed by atoms with Crippen LogP contribution in [0.25, 0.3) is 10.9 Å². The zero-order valence-electron chi connectivity index (χ0n) is 17.3. The van der Waals surface area contributed by atoms with Gasteiger partial charge < -0.3 is 25.4 Å². The molecule has 0 aliphatic carbocycles. The van der Waals surface area contributed by atoms with E-state index >= 15 is 0 Å². The lowest BCUT2D eigenvalue weighted by atomic mass is 10.2. The van der Waals surface area contributed by atoms with Crippen molar-refractivity contribution in [3.05, 3.63) is 54.7 Å². The lowest BCUT2D eigenvalue weighted by Gasteiger charge is -2.25. The van der Waals surface area contributed by atoms with Crippen LogP contribution >= 0.6 is 0 Å². The van der Waals surface area contributed by atoms with Gasteiger partial charge >= 0.3 is 18.5 Å². The molecule has 1 aromatic heterocycles. The monoisotopic (exact) mass is 462 g/mol. The van der Waals surface area contributed by atoms with Crippen LogP contribution in [0.5, 0.6) is 5.75 Å². The third kappa shape index (κ3) is 5.13. The van der Waals surface area contributed by atoms with Gasteiger partial charge in [0.2, 0.25) is 0 Å². The molecule has 3 N–H and O–H groups in total. The number of hydrogen-bond acceptors (Lipinski definition) is 4. The SMILES string of the molecule is O=C(Nc1cn(C(=O)O)c2ccccc12)N1CCC[C@H]1CNc1cccc(OC(F)(F)F)c1. The van der Waals surface area contributed by atoms with Crippen molar-refractivity contribution < 1.29 is 32.6 Å². The first-order chi connectivity index (χ1) is 15.7. The predicted molar refractivity (Wildman–Crippen MR) is 116 cm³/mol. The van der Waals surface area contributed by atoms with Crippen molar-refractivity contribution in [2.45, 2.75) is 25.2 Å². The summed E-state index contributed by atoms with van der Waals surface area (Å²) in [6.45, 7) is 0.840. The highest BCUT2D eigenvalue weighted by atomic mass is 19.4. The molecule has 1 saturated heterocycles. The number of ether oxygens (including phenoxy) is 1. The van der Waals surface area contributed by atoms with E-state index in [2.05, 4.69) is 15.4 Å². The maximum atomic E-state index is 13.0. The topological polar surface area (TPSA) is 95.8 Å². The summed E-state index contributed by atoms with van der Waals surface area (Å²) in [5.41, 5.74) is 1.28. The van der Waals surface area contributed by atoms with Gasteiger partial charge in [-0.05, 0) is 31.0 Å². The molecule has 1 atom stereocenters. The quantitative estimate of drug-likeness (QED) is 0.486. The highest BCUT2D eigenvalue weighted by Crippen LogP contribution is 2.28. The van der Waals surface area contributed by atoms with E-state index in [4.69, 9.17) is 0 Å². The number of rotatable bonds is 5. The van der Waals surface area contributed by atoms with Gasteiger partial charge in [0.1, 0.15) is 5.75 Å². The number of nitrogens with one attached hydrogen (secondary N) is 2. The molecule has 3 aromatic rings. The van der Waals surface area contributed by atoms with Gasteiger partial charge in [-0.2, -0.15) is 0 Å². The van der Waals surface area contributed by atoms with E-state index in [0.29, 0.717) is 35.4 Å². The van der Waals surface area contributed by atoms with Gasteiger partial charge in [0.15, 0.2) is 0 Å². The second-order valence-corrected chi connectivity index (χ2v) is 7.59. The fourth-order valence-corrected chi connectivity index (χ4v) is 3.98. The number of amides is 2. The van der Waals surface area contributed by atoms with Crippen LogP contribution in [0.1, 0.15) is 12.8 Å². The van der Waals surface area contributed by atoms with E-state index in [0.717, 1.165) is 17.4 Å². The first kappa shape index (κ1) is 22.3. The second-order valence-electron chi connectivity index (χ2n) is 7.59.